The number of anilines is 1. The highest BCUT2D eigenvalue weighted by Crippen LogP contribution is 2.36. The van der Waals surface area contributed by atoms with Gasteiger partial charge in [-0.05, 0) is 57.1 Å². The molecule has 0 aliphatic carbocycles. The number of pyridine rings is 1. The Morgan fingerprint density at radius 3 is 2.25 bits per heavy atom. The van der Waals surface area contributed by atoms with E-state index in [0.29, 0.717) is 27.9 Å². The Labute approximate surface area is 247 Å². The van der Waals surface area contributed by atoms with E-state index in [-0.39, 0.29) is 23.5 Å². The molecule has 1 N–H and O–H groups in total. The first kappa shape index (κ1) is 31.9. The summed E-state index contributed by atoms with van der Waals surface area (Å²) in [6.07, 6.45) is 14.1. The molecule has 1 amide bonds. The van der Waals surface area contributed by atoms with E-state index in [1.807, 2.05) is 19.9 Å². The molecule has 1 aromatic heterocycles. The summed E-state index contributed by atoms with van der Waals surface area (Å²) in [7, 11) is 0. The number of carbonyl (C=O) groups is 2. The molecule has 0 unspecified atom stereocenters. The van der Waals surface area contributed by atoms with Crippen LogP contribution >= 0.6 is 24.0 Å². The maximum atomic E-state index is 13.4. The van der Waals surface area contributed by atoms with Gasteiger partial charge in [0, 0.05) is 38.2 Å². The molecule has 0 radical (unpaired) electrons. The number of nitriles is 1. The van der Waals surface area contributed by atoms with E-state index in [2.05, 4.69) is 11.0 Å². The molecule has 0 saturated carbocycles. The van der Waals surface area contributed by atoms with Crippen molar-refractivity contribution in [2.45, 2.75) is 104 Å². The second-order valence-corrected chi connectivity index (χ2v) is 12.3. The molecular formula is C30H42N4O4S2. The van der Waals surface area contributed by atoms with Crippen LogP contribution in [0, 0.1) is 18.3 Å². The van der Waals surface area contributed by atoms with Crippen molar-refractivity contribution in [1.82, 2.24) is 9.47 Å². The normalized spacial score (nSPS) is 16.7. The number of thiocarbonyl (C=S) groups is 1. The highest BCUT2D eigenvalue weighted by molar-refractivity contribution is 8.26. The second kappa shape index (κ2) is 16.0. The van der Waals surface area contributed by atoms with Crippen molar-refractivity contribution in [2.24, 2.45) is 0 Å². The number of unbranched alkanes of at least 4 members (excludes halogenated alkanes) is 7. The highest BCUT2D eigenvalue weighted by Gasteiger charge is 2.33. The van der Waals surface area contributed by atoms with Crippen LogP contribution in [0.4, 0.5) is 5.82 Å². The first-order valence-electron chi connectivity index (χ1n) is 14.7. The highest BCUT2D eigenvalue weighted by atomic mass is 32.2. The van der Waals surface area contributed by atoms with Crippen molar-refractivity contribution < 1.29 is 14.7 Å². The number of carbonyl (C=O) groups excluding carboxylic acids is 1. The lowest BCUT2D eigenvalue weighted by atomic mass is 10.0. The molecule has 2 saturated heterocycles. The van der Waals surface area contributed by atoms with Crippen LogP contribution in [0.15, 0.2) is 9.70 Å². The Bertz CT molecular complexity index is 1210. The Morgan fingerprint density at radius 2 is 1.65 bits per heavy atom. The standard InChI is InChI=1S/C30H42N4O4S2/c1-3-16-33-27(32-17-12-10-13-18-32)23(22(2)24(21-31)28(33)37)20-25-29(38)34(30(39)40-25)19-14-9-7-5-4-6-8-11-15-26(35)36/h20H,3-19H2,1-2H3,(H,35,36). The minimum absolute atomic E-state index is 0.107. The van der Waals surface area contributed by atoms with Crippen LogP contribution in [0.25, 0.3) is 6.08 Å². The lowest BCUT2D eigenvalue weighted by molar-refractivity contribution is -0.137. The number of aliphatic carboxylic acids is 1. The fraction of sp³-hybridized carbons (Fsp3) is 0.633. The number of nitrogens with zero attached hydrogens (tertiary/aromatic N) is 4. The summed E-state index contributed by atoms with van der Waals surface area (Å²) < 4.78 is 2.28. The summed E-state index contributed by atoms with van der Waals surface area (Å²) in [5.74, 6) is -0.0176. The molecule has 3 rings (SSSR count). The largest absolute Gasteiger partial charge is 0.481 e. The van der Waals surface area contributed by atoms with Crippen molar-refractivity contribution in [3.63, 3.8) is 0 Å². The van der Waals surface area contributed by atoms with Gasteiger partial charge in [0.05, 0.1) is 4.91 Å². The topological polar surface area (TPSA) is 107 Å². The second-order valence-electron chi connectivity index (χ2n) is 10.7. The minimum Gasteiger partial charge on any atom is -0.481 e. The molecule has 2 aliphatic rings. The zero-order chi connectivity index (χ0) is 29.1. The molecule has 3 heterocycles. The maximum absolute atomic E-state index is 13.4. The van der Waals surface area contributed by atoms with E-state index < -0.39 is 5.97 Å². The fourth-order valence-corrected chi connectivity index (χ4v) is 6.74. The van der Waals surface area contributed by atoms with Crippen molar-refractivity contribution >= 4 is 52.1 Å². The van der Waals surface area contributed by atoms with Crippen LogP contribution in [-0.4, -0.2) is 50.4 Å². The molecule has 1 aromatic rings. The number of hydrogen-bond donors (Lipinski definition) is 1. The predicted octanol–water partition coefficient (Wildman–Crippen LogP) is 6.23. The lowest BCUT2D eigenvalue weighted by Gasteiger charge is -2.33. The van der Waals surface area contributed by atoms with Gasteiger partial charge >= 0.3 is 5.97 Å². The van der Waals surface area contributed by atoms with Gasteiger partial charge in [0.1, 0.15) is 21.8 Å². The Morgan fingerprint density at radius 1 is 1.02 bits per heavy atom. The summed E-state index contributed by atoms with van der Waals surface area (Å²) in [4.78, 5) is 41.8. The number of carboxylic acid groups (broad SMARTS) is 1. The van der Waals surface area contributed by atoms with Crippen molar-refractivity contribution in [1.29, 1.82) is 5.26 Å². The number of piperidine rings is 1. The first-order valence-corrected chi connectivity index (χ1v) is 15.9. The summed E-state index contributed by atoms with van der Waals surface area (Å²) in [5, 5.41) is 18.5. The van der Waals surface area contributed by atoms with Crippen molar-refractivity contribution in [3.8, 4) is 6.07 Å². The van der Waals surface area contributed by atoms with Gasteiger partial charge < -0.3 is 10.0 Å². The first-order chi connectivity index (χ1) is 19.3. The Balaban J connectivity index is 1.70. The summed E-state index contributed by atoms with van der Waals surface area (Å²) in [6, 6.07) is 2.12. The summed E-state index contributed by atoms with van der Waals surface area (Å²) in [6.45, 7) is 6.62. The molecule has 0 spiro atoms. The van der Waals surface area contributed by atoms with Gasteiger partial charge in [-0.15, -0.1) is 0 Å². The molecule has 0 atom stereocenters. The molecule has 0 bridgehead atoms. The zero-order valence-corrected chi connectivity index (χ0v) is 25.5. The predicted molar refractivity (Wildman–Crippen MR) is 166 cm³/mol. The fourth-order valence-electron chi connectivity index (χ4n) is 5.45. The van der Waals surface area contributed by atoms with E-state index in [4.69, 9.17) is 17.3 Å². The lowest BCUT2D eigenvalue weighted by Crippen LogP contribution is -2.37. The average molecular weight is 587 g/mol. The summed E-state index contributed by atoms with van der Waals surface area (Å²) >= 11 is 6.88. The molecular weight excluding hydrogens is 544 g/mol. The van der Waals surface area contributed by atoms with E-state index in [0.717, 1.165) is 102 Å². The number of rotatable bonds is 15. The third-order valence-corrected chi connectivity index (χ3v) is 9.00. The Hall–Kier alpha value is -2.64. The molecule has 218 valence electrons. The van der Waals surface area contributed by atoms with Gasteiger partial charge in [0.2, 0.25) is 0 Å². The van der Waals surface area contributed by atoms with Crippen LogP contribution in [0.5, 0.6) is 0 Å². The monoisotopic (exact) mass is 586 g/mol. The number of aromatic nitrogens is 1. The van der Waals surface area contributed by atoms with Crippen molar-refractivity contribution in [2.75, 3.05) is 24.5 Å². The van der Waals surface area contributed by atoms with Gasteiger partial charge in [-0.1, -0.05) is 69.4 Å². The molecule has 8 nitrogen and oxygen atoms in total. The molecule has 10 heteroatoms. The number of carboxylic acids is 1. The summed E-state index contributed by atoms with van der Waals surface area (Å²) in [5.41, 5.74) is 1.27. The van der Waals surface area contributed by atoms with Crippen LogP contribution in [0.3, 0.4) is 0 Å². The van der Waals surface area contributed by atoms with Gasteiger partial charge in [0.15, 0.2) is 0 Å². The van der Waals surface area contributed by atoms with Crippen LogP contribution in [0.2, 0.25) is 0 Å². The Kier molecular flexibility index (Phi) is 12.7. The molecule has 40 heavy (non-hydrogen) atoms. The van der Waals surface area contributed by atoms with E-state index in [9.17, 15) is 19.6 Å². The number of amides is 1. The van der Waals surface area contributed by atoms with Gasteiger partial charge in [0.25, 0.3) is 11.5 Å². The van der Waals surface area contributed by atoms with Crippen LogP contribution < -0.4 is 10.5 Å². The smallest absolute Gasteiger partial charge is 0.303 e. The van der Waals surface area contributed by atoms with Crippen LogP contribution in [0.1, 0.15) is 107 Å². The van der Waals surface area contributed by atoms with Gasteiger partial charge in [-0.2, -0.15) is 5.26 Å². The third kappa shape index (κ3) is 8.20. The van der Waals surface area contributed by atoms with E-state index in [1.165, 1.54) is 11.8 Å². The quantitative estimate of drug-likeness (QED) is 0.147. The zero-order valence-electron chi connectivity index (χ0n) is 23.9. The molecule has 2 fully saturated rings. The van der Waals surface area contributed by atoms with E-state index >= 15 is 0 Å². The van der Waals surface area contributed by atoms with Crippen molar-refractivity contribution in [3.05, 3.63) is 31.9 Å². The maximum Gasteiger partial charge on any atom is 0.303 e. The molecule has 2 aliphatic heterocycles. The van der Waals surface area contributed by atoms with Gasteiger partial charge in [-0.25, -0.2) is 0 Å². The van der Waals surface area contributed by atoms with E-state index in [1.54, 1.807) is 9.47 Å². The number of thioether (sulfide) groups is 1. The SMILES string of the molecule is CCCn1c(N2CCCCC2)c(C=C2SC(=S)N(CCCCCCCCCCC(=O)O)C2=O)c(C)c(C#N)c1=O. The van der Waals surface area contributed by atoms with Gasteiger partial charge in [-0.3, -0.25) is 23.9 Å². The number of hydrogen-bond acceptors (Lipinski definition) is 7. The average Bonchev–Trinajstić information content (AvgIpc) is 3.20. The third-order valence-electron chi connectivity index (χ3n) is 7.62. The minimum atomic E-state index is -0.726. The van der Waals surface area contributed by atoms with Crippen LogP contribution in [-0.2, 0) is 16.1 Å². The molecule has 0 aromatic carbocycles.